The fraction of sp³-hybridized carbons (Fsp3) is 0.133. The lowest BCUT2D eigenvalue weighted by Gasteiger charge is -2.11. The van der Waals surface area contributed by atoms with Crippen LogP contribution in [0.2, 0.25) is 0 Å². The van der Waals surface area contributed by atoms with Crippen LogP contribution < -0.4 is 5.32 Å². The van der Waals surface area contributed by atoms with Gasteiger partial charge in [-0.15, -0.1) is 0 Å². The van der Waals surface area contributed by atoms with Gasteiger partial charge in [0.25, 0.3) is 0 Å². The van der Waals surface area contributed by atoms with Gasteiger partial charge in [0.2, 0.25) is 5.91 Å². The van der Waals surface area contributed by atoms with Crippen molar-refractivity contribution in [1.29, 1.82) is 5.26 Å². The number of amides is 1. The van der Waals surface area contributed by atoms with E-state index in [1.807, 2.05) is 6.07 Å². The van der Waals surface area contributed by atoms with E-state index in [0.717, 1.165) is 0 Å². The Balaban J connectivity index is 2.93. The van der Waals surface area contributed by atoms with Crippen LogP contribution in [0.5, 0.6) is 0 Å². The summed E-state index contributed by atoms with van der Waals surface area (Å²) in [6.45, 7) is 3.73. The number of allylic oxidation sites excluding steroid dienone is 1. The van der Waals surface area contributed by atoms with Crippen LogP contribution in [0.25, 0.3) is 0 Å². The molecule has 0 aliphatic heterocycles. The van der Waals surface area contributed by atoms with Gasteiger partial charge in [0.1, 0.15) is 0 Å². The molecule has 2 N–H and O–H groups in total. The van der Waals surface area contributed by atoms with Crippen molar-refractivity contribution in [3.63, 3.8) is 0 Å². The molecular formula is C15H15N3O3. The van der Waals surface area contributed by atoms with Gasteiger partial charge in [-0.2, -0.15) is 5.26 Å². The number of carboxylic acid groups (broad SMARTS) is 1. The number of carboxylic acids is 1. The van der Waals surface area contributed by atoms with Crippen LogP contribution in [0.15, 0.2) is 42.6 Å². The number of hydrogen-bond donors (Lipinski definition) is 2. The Morgan fingerprint density at radius 1 is 1.38 bits per heavy atom. The molecular weight excluding hydrogens is 270 g/mol. The van der Waals surface area contributed by atoms with Gasteiger partial charge in [0.05, 0.1) is 22.9 Å². The minimum Gasteiger partial charge on any atom is -0.478 e. The van der Waals surface area contributed by atoms with Crippen molar-refractivity contribution < 1.29 is 14.7 Å². The molecule has 0 radical (unpaired) electrons. The van der Waals surface area contributed by atoms with Crippen molar-refractivity contribution in [3.8, 4) is 6.07 Å². The largest absolute Gasteiger partial charge is 0.478 e. The molecule has 0 saturated heterocycles. The Labute approximate surface area is 122 Å². The number of benzene rings is 1. The average Bonchev–Trinajstić information content (AvgIpc) is 2.44. The summed E-state index contributed by atoms with van der Waals surface area (Å²) in [5, 5.41) is 20.3. The van der Waals surface area contributed by atoms with Crippen molar-refractivity contribution in [3.05, 3.63) is 53.8 Å². The molecule has 0 bridgehead atoms. The van der Waals surface area contributed by atoms with Crippen LogP contribution in [-0.2, 0) is 4.79 Å². The lowest BCUT2D eigenvalue weighted by molar-refractivity contribution is -0.111. The minimum atomic E-state index is -1.22. The van der Waals surface area contributed by atoms with Gasteiger partial charge in [-0.1, -0.05) is 6.58 Å². The molecule has 21 heavy (non-hydrogen) atoms. The molecule has 0 heterocycles. The molecule has 1 aromatic carbocycles. The highest BCUT2D eigenvalue weighted by atomic mass is 16.4. The summed E-state index contributed by atoms with van der Waals surface area (Å²) in [6, 6.07) is 5.88. The van der Waals surface area contributed by atoms with E-state index in [4.69, 9.17) is 10.4 Å². The number of likely N-dealkylation sites (N-methyl/N-ethyl adjacent to an activating group) is 1. The number of aromatic carboxylic acids is 1. The first-order valence-corrected chi connectivity index (χ1v) is 5.98. The second kappa shape index (κ2) is 6.91. The predicted octanol–water partition coefficient (Wildman–Crippen LogP) is 1.83. The summed E-state index contributed by atoms with van der Waals surface area (Å²) >= 11 is 0. The average molecular weight is 285 g/mol. The first-order valence-electron chi connectivity index (χ1n) is 5.98. The number of nitriles is 1. The zero-order chi connectivity index (χ0) is 16.0. The van der Waals surface area contributed by atoms with Crippen molar-refractivity contribution in [2.45, 2.75) is 0 Å². The summed E-state index contributed by atoms with van der Waals surface area (Å²) in [6.07, 6.45) is 2.77. The zero-order valence-electron chi connectivity index (χ0n) is 11.8. The van der Waals surface area contributed by atoms with Gasteiger partial charge in [-0.3, -0.25) is 4.79 Å². The molecule has 0 fully saturated rings. The molecule has 1 rings (SSSR count). The maximum atomic E-state index is 11.8. The highest BCUT2D eigenvalue weighted by Gasteiger charge is 2.12. The van der Waals surface area contributed by atoms with E-state index < -0.39 is 11.9 Å². The summed E-state index contributed by atoms with van der Waals surface area (Å²) in [7, 11) is 3.57. The van der Waals surface area contributed by atoms with Crippen LogP contribution in [-0.4, -0.2) is 36.0 Å². The Morgan fingerprint density at radius 2 is 2.05 bits per heavy atom. The third-order valence-electron chi connectivity index (χ3n) is 2.64. The molecule has 6 heteroatoms. The highest BCUT2D eigenvalue weighted by Crippen LogP contribution is 2.17. The first kappa shape index (κ1) is 16.0. The van der Waals surface area contributed by atoms with Crippen LogP contribution in [0.1, 0.15) is 15.9 Å². The SMILES string of the molecule is C=C(/C=C/C(=O)Nc1ccc(C#N)cc1C(=O)O)N(C)C. The molecule has 1 aromatic rings. The van der Waals surface area contributed by atoms with Gasteiger partial charge in [-0.25, -0.2) is 4.79 Å². The fourth-order valence-electron chi connectivity index (χ4n) is 1.40. The number of nitrogens with one attached hydrogen (secondary N) is 1. The van der Waals surface area contributed by atoms with Crippen LogP contribution in [0.4, 0.5) is 5.69 Å². The maximum absolute atomic E-state index is 11.8. The second-order valence-corrected chi connectivity index (χ2v) is 4.39. The van der Waals surface area contributed by atoms with Gasteiger partial charge in [-0.05, 0) is 24.3 Å². The van der Waals surface area contributed by atoms with Gasteiger partial charge >= 0.3 is 5.97 Å². The highest BCUT2D eigenvalue weighted by molar-refractivity contribution is 6.04. The quantitative estimate of drug-likeness (QED) is 0.636. The van der Waals surface area contributed by atoms with E-state index >= 15 is 0 Å². The number of carbonyl (C=O) groups excluding carboxylic acids is 1. The third-order valence-corrected chi connectivity index (χ3v) is 2.64. The molecule has 6 nitrogen and oxygen atoms in total. The molecule has 0 atom stereocenters. The van der Waals surface area contributed by atoms with Crippen LogP contribution in [0.3, 0.4) is 0 Å². The fourth-order valence-corrected chi connectivity index (χ4v) is 1.40. The first-order chi connectivity index (χ1) is 9.85. The standard InChI is InChI=1S/C15H15N3O3/c1-10(18(2)3)4-7-14(19)17-13-6-5-11(9-16)8-12(13)15(20)21/h4-8H,1H2,2-3H3,(H,17,19)(H,20,21)/b7-4+. The lowest BCUT2D eigenvalue weighted by atomic mass is 10.1. The number of hydrogen-bond acceptors (Lipinski definition) is 4. The summed E-state index contributed by atoms with van der Waals surface area (Å²) in [5.74, 6) is -1.70. The monoisotopic (exact) mass is 285 g/mol. The zero-order valence-corrected chi connectivity index (χ0v) is 11.8. The Kier molecular flexibility index (Phi) is 5.26. The summed E-state index contributed by atoms with van der Waals surface area (Å²) in [4.78, 5) is 24.6. The molecule has 108 valence electrons. The van der Waals surface area contributed by atoms with Gasteiger partial charge in [0.15, 0.2) is 0 Å². The van der Waals surface area contributed by atoms with Gasteiger partial charge < -0.3 is 15.3 Å². The summed E-state index contributed by atoms with van der Waals surface area (Å²) in [5.41, 5.74) is 0.833. The van der Waals surface area contributed by atoms with E-state index in [-0.39, 0.29) is 16.8 Å². The third kappa shape index (κ3) is 4.51. The van der Waals surface area contributed by atoms with E-state index in [9.17, 15) is 9.59 Å². The molecule has 1 amide bonds. The molecule has 0 aliphatic rings. The Morgan fingerprint density at radius 3 is 2.57 bits per heavy atom. The predicted molar refractivity (Wildman–Crippen MR) is 78.7 cm³/mol. The second-order valence-electron chi connectivity index (χ2n) is 4.39. The smallest absolute Gasteiger partial charge is 0.337 e. The number of nitrogens with zero attached hydrogens (tertiary/aromatic N) is 2. The molecule has 0 aliphatic carbocycles. The topological polar surface area (TPSA) is 93.4 Å². The van der Waals surface area contributed by atoms with E-state index in [1.54, 1.807) is 19.0 Å². The van der Waals surface area contributed by atoms with Crippen molar-refractivity contribution in [1.82, 2.24) is 4.90 Å². The minimum absolute atomic E-state index is 0.131. The van der Waals surface area contributed by atoms with Crippen molar-refractivity contribution >= 4 is 17.6 Å². The normalized spacial score (nSPS) is 9.95. The maximum Gasteiger partial charge on any atom is 0.337 e. The number of rotatable bonds is 5. The van der Waals surface area contributed by atoms with E-state index in [2.05, 4.69) is 11.9 Å². The van der Waals surface area contributed by atoms with E-state index in [0.29, 0.717) is 5.70 Å². The van der Waals surface area contributed by atoms with Crippen molar-refractivity contribution in [2.24, 2.45) is 0 Å². The van der Waals surface area contributed by atoms with Crippen LogP contribution >= 0.6 is 0 Å². The summed E-state index contributed by atoms with van der Waals surface area (Å²) < 4.78 is 0. The molecule has 0 unspecified atom stereocenters. The number of carbonyl (C=O) groups is 2. The molecule has 0 spiro atoms. The van der Waals surface area contributed by atoms with Gasteiger partial charge in [0, 0.05) is 25.9 Å². The Hall–Kier alpha value is -3.07. The lowest BCUT2D eigenvalue weighted by Crippen LogP contribution is -2.13. The number of anilines is 1. The molecule has 0 saturated carbocycles. The van der Waals surface area contributed by atoms with Crippen LogP contribution in [0, 0.1) is 11.3 Å². The molecule has 0 aromatic heterocycles. The van der Waals surface area contributed by atoms with Crippen molar-refractivity contribution in [2.75, 3.05) is 19.4 Å². The van der Waals surface area contributed by atoms with E-state index in [1.165, 1.54) is 30.4 Å². The Bertz CT molecular complexity index is 655.